The van der Waals surface area contributed by atoms with Crippen molar-refractivity contribution in [3.05, 3.63) is 92.9 Å². The van der Waals surface area contributed by atoms with E-state index < -0.39 is 12.0 Å². The highest BCUT2D eigenvalue weighted by Crippen LogP contribution is 2.39. The lowest BCUT2D eigenvalue weighted by atomic mass is 9.87. The summed E-state index contributed by atoms with van der Waals surface area (Å²) in [6, 6.07) is 15.6. The second kappa shape index (κ2) is 10.8. The summed E-state index contributed by atoms with van der Waals surface area (Å²) in [5.74, 6) is 0.138. The summed E-state index contributed by atoms with van der Waals surface area (Å²) in [4.78, 5) is 17.0. The first-order chi connectivity index (χ1) is 17.0. The molecule has 2 fully saturated rings. The van der Waals surface area contributed by atoms with Crippen molar-refractivity contribution >= 4 is 28.9 Å². The maximum Gasteiger partial charge on any atom is 0.325 e. The number of benzene rings is 2. The molecule has 2 saturated heterocycles. The topological polar surface area (TPSA) is 43.8 Å². The molecule has 5 rings (SSSR count). The monoisotopic (exact) mass is 512 g/mol. The van der Waals surface area contributed by atoms with E-state index in [4.69, 9.17) is 11.6 Å². The molecule has 0 aliphatic carbocycles. The second-order valence-electron chi connectivity index (χ2n) is 9.80. The molecule has 0 radical (unpaired) electrons. The maximum absolute atomic E-state index is 13.3. The zero-order valence-electron chi connectivity index (χ0n) is 19.5. The molecule has 3 heterocycles. The first kappa shape index (κ1) is 24.4. The summed E-state index contributed by atoms with van der Waals surface area (Å²) in [5.41, 5.74) is 3.30. The van der Waals surface area contributed by atoms with Gasteiger partial charge in [0.15, 0.2) is 0 Å². The van der Waals surface area contributed by atoms with Gasteiger partial charge in [-0.2, -0.15) is 11.3 Å². The molecule has 2 aliphatic rings. The van der Waals surface area contributed by atoms with Crippen LogP contribution in [-0.4, -0.2) is 53.6 Å². The molecule has 0 amide bonds. The average Bonchev–Trinajstić information content (AvgIpc) is 3.52. The molecule has 4 nitrogen and oxygen atoms in total. The van der Waals surface area contributed by atoms with Crippen molar-refractivity contribution in [1.29, 1.82) is 0 Å². The number of piperidine rings is 1. The van der Waals surface area contributed by atoms with Gasteiger partial charge in [0.2, 0.25) is 0 Å². The smallest absolute Gasteiger partial charge is 0.325 e. The molecule has 0 bridgehead atoms. The van der Waals surface area contributed by atoms with Crippen LogP contribution in [0.2, 0.25) is 5.02 Å². The molecule has 184 valence electrons. The Morgan fingerprint density at radius 1 is 1.03 bits per heavy atom. The van der Waals surface area contributed by atoms with E-state index in [1.165, 1.54) is 11.1 Å². The molecule has 2 aliphatic heterocycles. The van der Waals surface area contributed by atoms with Crippen molar-refractivity contribution in [3.63, 3.8) is 0 Å². The van der Waals surface area contributed by atoms with Crippen LogP contribution in [0.25, 0.3) is 0 Å². The lowest BCUT2D eigenvalue weighted by Gasteiger charge is -2.35. The fourth-order valence-electron chi connectivity index (χ4n) is 5.83. The molecule has 3 atom stereocenters. The minimum absolute atomic E-state index is 0.185. The zero-order chi connectivity index (χ0) is 24.4. The number of rotatable bonds is 7. The molecule has 0 spiro atoms. The third kappa shape index (κ3) is 5.61. The number of likely N-dealkylation sites (tertiary alicyclic amines) is 2. The third-order valence-corrected chi connectivity index (χ3v) is 8.60. The van der Waals surface area contributed by atoms with Crippen molar-refractivity contribution < 1.29 is 14.3 Å². The summed E-state index contributed by atoms with van der Waals surface area (Å²) in [7, 11) is 0. The first-order valence-corrected chi connectivity index (χ1v) is 13.5. The molecule has 3 aromatic rings. The first-order valence-electron chi connectivity index (χ1n) is 12.2. The summed E-state index contributed by atoms with van der Waals surface area (Å²) in [5, 5.41) is 15.1. The second-order valence-corrected chi connectivity index (χ2v) is 11.0. The Balaban J connectivity index is 1.29. The lowest BCUT2D eigenvalue weighted by molar-refractivity contribution is -0.143. The summed E-state index contributed by atoms with van der Waals surface area (Å²) >= 11 is 7.75. The van der Waals surface area contributed by atoms with Gasteiger partial charge in [0.05, 0.1) is 0 Å². The Morgan fingerprint density at radius 2 is 1.74 bits per heavy atom. The number of carboxylic acid groups (broad SMARTS) is 1. The number of halogens is 2. The minimum atomic E-state index is -0.822. The SMILES string of the molecule is O=C(O)C(c1ccc(Cl)cc1)N1CC(CN2CCC(c3ccc(F)cc3)CC2)C(c2ccsc2)C1. The van der Waals surface area contributed by atoms with E-state index in [1.54, 1.807) is 35.6 Å². The summed E-state index contributed by atoms with van der Waals surface area (Å²) in [6.45, 7) is 4.45. The Kier molecular flexibility index (Phi) is 7.54. The number of aliphatic carboxylic acids is 1. The molecule has 7 heteroatoms. The van der Waals surface area contributed by atoms with Crippen LogP contribution in [-0.2, 0) is 4.79 Å². The third-order valence-electron chi connectivity index (χ3n) is 7.65. The molecular weight excluding hydrogens is 483 g/mol. The minimum Gasteiger partial charge on any atom is -0.480 e. The fraction of sp³-hybridized carbons (Fsp3) is 0.393. The van der Waals surface area contributed by atoms with Crippen molar-refractivity contribution in [3.8, 4) is 0 Å². The number of thiophene rings is 1. The highest BCUT2D eigenvalue weighted by atomic mass is 35.5. The van der Waals surface area contributed by atoms with Gasteiger partial charge in [-0.1, -0.05) is 35.9 Å². The van der Waals surface area contributed by atoms with Crippen molar-refractivity contribution in [1.82, 2.24) is 9.80 Å². The molecule has 1 N–H and O–H groups in total. The molecule has 0 saturated carbocycles. The molecule has 35 heavy (non-hydrogen) atoms. The highest BCUT2D eigenvalue weighted by Gasteiger charge is 2.41. The predicted octanol–water partition coefficient (Wildman–Crippen LogP) is 6.26. The zero-order valence-corrected chi connectivity index (χ0v) is 21.1. The number of hydrogen-bond acceptors (Lipinski definition) is 4. The van der Waals surface area contributed by atoms with Crippen LogP contribution in [0.15, 0.2) is 65.4 Å². The van der Waals surface area contributed by atoms with E-state index in [-0.39, 0.29) is 5.82 Å². The number of carboxylic acids is 1. The van der Waals surface area contributed by atoms with E-state index in [2.05, 4.69) is 26.6 Å². The Hall–Kier alpha value is -2.25. The van der Waals surface area contributed by atoms with E-state index in [9.17, 15) is 14.3 Å². The lowest BCUT2D eigenvalue weighted by Crippen LogP contribution is -2.38. The van der Waals surface area contributed by atoms with Crippen molar-refractivity contribution in [2.75, 3.05) is 32.7 Å². The van der Waals surface area contributed by atoms with Crippen molar-refractivity contribution in [2.45, 2.75) is 30.7 Å². The quantitative estimate of drug-likeness (QED) is 0.405. The van der Waals surface area contributed by atoms with Crippen molar-refractivity contribution in [2.24, 2.45) is 5.92 Å². The maximum atomic E-state index is 13.3. The summed E-state index contributed by atoms with van der Waals surface area (Å²) in [6.07, 6.45) is 2.13. The largest absolute Gasteiger partial charge is 0.480 e. The van der Waals surface area contributed by atoms with Gasteiger partial charge in [0, 0.05) is 30.6 Å². The number of hydrogen-bond donors (Lipinski definition) is 1. The van der Waals surface area contributed by atoms with Gasteiger partial charge in [0.25, 0.3) is 0 Å². The number of carbonyl (C=O) groups is 1. The van der Waals surface area contributed by atoms with Crippen LogP contribution in [0.5, 0.6) is 0 Å². The van der Waals surface area contributed by atoms with Crippen LogP contribution >= 0.6 is 22.9 Å². The standard InChI is InChI=1S/C28H30ClFN2O2S/c29-24-5-1-21(2-6-24)27(28(33)34)32-16-23(26(17-32)22-11-14-35-18-22)15-31-12-9-20(10-13-31)19-3-7-25(30)8-4-19/h1-8,11,14,18,20,23,26-27H,9-10,12-13,15-17H2,(H,33,34). The molecule has 3 unspecified atom stereocenters. The van der Waals surface area contributed by atoms with Gasteiger partial charge in [0.1, 0.15) is 11.9 Å². The van der Waals surface area contributed by atoms with E-state index in [0.717, 1.165) is 51.1 Å². The normalized spacial score (nSPS) is 22.9. The van der Waals surface area contributed by atoms with Gasteiger partial charge < -0.3 is 10.0 Å². The van der Waals surface area contributed by atoms with Gasteiger partial charge in [-0.15, -0.1) is 0 Å². The van der Waals surface area contributed by atoms with Crippen LogP contribution in [0, 0.1) is 11.7 Å². The Morgan fingerprint density at radius 3 is 2.37 bits per heavy atom. The highest BCUT2D eigenvalue weighted by molar-refractivity contribution is 7.08. The molecule has 1 aromatic heterocycles. The van der Waals surface area contributed by atoms with Crippen LogP contribution in [0.4, 0.5) is 4.39 Å². The molecule has 2 aromatic carbocycles. The van der Waals surface area contributed by atoms with Crippen LogP contribution < -0.4 is 0 Å². The Bertz CT molecular complexity index is 1110. The van der Waals surface area contributed by atoms with E-state index in [1.807, 2.05) is 24.3 Å². The number of nitrogens with zero attached hydrogens (tertiary/aromatic N) is 2. The van der Waals surface area contributed by atoms with Crippen LogP contribution in [0.1, 0.15) is 47.4 Å². The van der Waals surface area contributed by atoms with Crippen LogP contribution in [0.3, 0.4) is 0 Å². The van der Waals surface area contributed by atoms with Gasteiger partial charge in [-0.05, 0) is 95.5 Å². The molecular formula is C28H30ClFN2O2S. The predicted molar refractivity (Wildman–Crippen MR) is 139 cm³/mol. The summed E-state index contributed by atoms with van der Waals surface area (Å²) < 4.78 is 13.3. The average molecular weight is 513 g/mol. The Labute approximate surface area is 214 Å². The van der Waals surface area contributed by atoms with E-state index in [0.29, 0.717) is 22.8 Å². The fourth-order valence-corrected chi connectivity index (χ4v) is 6.68. The van der Waals surface area contributed by atoms with E-state index >= 15 is 0 Å². The van der Waals surface area contributed by atoms with Gasteiger partial charge in [-0.3, -0.25) is 9.69 Å². The van der Waals surface area contributed by atoms with Gasteiger partial charge in [-0.25, -0.2) is 4.39 Å². The van der Waals surface area contributed by atoms with Gasteiger partial charge >= 0.3 is 5.97 Å².